The average molecular weight is 629 g/mol. The molecule has 0 bridgehead atoms. The van der Waals surface area contributed by atoms with Crippen LogP contribution in [-0.2, 0) is 24.3 Å². The molecule has 9 nitrogen and oxygen atoms in total. The summed E-state index contributed by atoms with van der Waals surface area (Å²) in [6, 6.07) is 24.1. The highest BCUT2D eigenvalue weighted by Gasteiger charge is 2.43. The number of anilines is 2. The number of piperazine rings is 1. The van der Waals surface area contributed by atoms with E-state index in [2.05, 4.69) is 46.2 Å². The smallest absolute Gasteiger partial charge is 0.410 e. The van der Waals surface area contributed by atoms with E-state index in [-0.39, 0.29) is 38.3 Å². The molecule has 0 radical (unpaired) electrons. The van der Waals surface area contributed by atoms with Crippen molar-refractivity contribution in [3.8, 4) is 6.01 Å². The number of halogens is 2. The van der Waals surface area contributed by atoms with E-state index >= 15 is 0 Å². The molecule has 3 aliphatic heterocycles. The van der Waals surface area contributed by atoms with Crippen molar-refractivity contribution in [3.63, 3.8) is 0 Å². The molecule has 0 aliphatic carbocycles. The number of nitrogens with zero attached hydrogens (tertiary/aromatic N) is 6. The van der Waals surface area contributed by atoms with Crippen molar-refractivity contribution in [3.05, 3.63) is 89.6 Å². The Morgan fingerprint density at radius 2 is 1.67 bits per heavy atom. The van der Waals surface area contributed by atoms with Crippen LogP contribution in [0.2, 0.25) is 0 Å². The van der Waals surface area contributed by atoms with E-state index in [0.717, 1.165) is 41.3 Å². The van der Waals surface area contributed by atoms with E-state index in [1.54, 1.807) is 16.8 Å². The van der Waals surface area contributed by atoms with Gasteiger partial charge >= 0.3 is 12.1 Å². The number of amides is 1. The summed E-state index contributed by atoms with van der Waals surface area (Å²) in [7, 11) is 1.69. The van der Waals surface area contributed by atoms with Crippen molar-refractivity contribution in [1.82, 2.24) is 19.8 Å². The standard InChI is InChI=1S/C35H38F2N6O3/c1-40-24-35(36,37)20-27(40)23-45-33-38-30-21-43(31-13-7-11-26-10-5-6-12-28(26)31)15-14-29(30)32(39-33)41-16-18-42(19-17-41)34(44)46-22-25-8-3-2-4-9-25/h2-13,27H,14-24H2,1H3. The predicted octanol–water partition coefficient (Wildman–Crippen LogP) is 5.37. The Balaban J connectivity index is 1.10. The molecule has 1 amide bonds. The molecule has 2 saturated heterocycles. The number of rotatable bonds is 7. The fraction of sp³-hybridized carbons (Fsp3) is 0.400. The van der Waals surface area contributed by atoms with Gasteiger partial charge in [0.2, 0.25) is 0 Å². The molecule has 46 heavy (non-hydrogen) atoms. The van der Waals surface area contributed by atoms with Crippen LogP contribution in [0, 0.1) is 0 Å². The number of hydrogen-bond acceptors (Lipinski definition) is 8. The third-order valence-corrected chi connectivity index (χ3v) is 9.22. The summed E-state index contributed by atoms with van der Waals surface area (Å²) in [4.78, 5) is 30.4. The quantitative estimate of drug-likeness (QED) is 0.271. The van der Waals surface area contributed by atoms with E-state index in [9.17, 15) is 13.6 Å². The number of likely N-dealkylation sites (tertiary alicyclic amines) is 1. The Hall–Kier alpha value is -4.51. The monoisotopic (exact) mass is 628 g/mol. The van der Waals surface area contributed by atoms with Gasteiger partial charge in [0.15, 0.2) is 0 Å². The zero-order chi connectivity index (χ0) is 31.7. The second-order valence-electron chi connectivity index (χ2n) is 12.4. The molecule has 0 saturated carbocycles. The minimum Gasteiger partial charge on any atom is -0.462 e. The minimum atomic E-state index is -2.73. The molecular formula is C35H38F2N6O3. The number of alkyl halides is 2. The van der Waals surface area contributed by atoms with Gasteiger partial charge in [0.05, 0.1) is 18.8 Å². The molecule has 240 valence electrons. The predicted molar refractivity (Wildman–Crippen MR) is 173 cm³/mol. The lowest BCUT2D eigenvalue weighted by Crippen LogP contribution is -2.49. The lowest BCUT2D eigenvalue weighted by Gasteiger charge is -2.38. The van der Waals surface area contributed by atoms with Crippen LogP contribution >= 0.6 is 0 Å². The van der Waals surface area contributed by atoms with Gasteiger partial charge in [-0.1, -0.05) is 66.7 Å². The molecular weight excluding hydrogens is 590 g/mol. The van der Waals surface area contributed by atoms with Crippen LogP contribution in [0.15, 0.2) is 72.8 Å². The summed E-state index contributed by atoms with van der Waals surface area (Å²) in [5.41, 5.74) is 4.02. The minimum absolute atomic E-state index is 0.0817. The highest BCUT2D eigenvalue weighted by molar-refractivity contribution is 5.94. The van der Waals surface area contributed by atoms with E-state index in [1.165, 1.54) is 10.8 Å². The summed E-state index contributed by atoms with van der Waals surface area (Å²) >= 11 is 0. The number of aromatic nitrogens is 2. The van der Waals surface area contributed by atoms with Crippen LogP contribution in [0.5, 0.6) is 6.01 Å². The molecule has 1 atom stereocenters. The Morgan fingerprint density at radius 3 is 2.46 bits per heavy atom. The van der Waals surface area contributed by atoms with E-state index < -0.39 is 12.0 Å². The topological polar surface area (TPSA) is 74.3 Å². The van der Waals surface area contributed by atoms with E-state index in [4.69, 9.17) is 19.4 Å². The first-order valence-corrected chi connectivity index (χ1v) is 15.9. The molecule has 1 aromatic heterocycles. The van der Waals surface area contributed by atoms with Gasteiger partial charge in [-0.05, 0) is 30.5 Å². The fourth-order valence-electron chi connectivity index (χ4n) is 6.73. The van der Waals surface area contributed by atoms with E-state index in [0.29, 0.717) is 32.7 Å². The SMILES string of the molecule is CN1CC(F)(F)CC1COc1nc2c(c(N3CCN(C(=O)OCc4ccccc4)CC3)n1)CCN(c1cccc3ccccc13)C2. The van der Waals surface area contributed by atoms with Gasteiger partial charge in [0.1, 0.15) is 19.0 Å². The van der Waals surface area contributed by atoms with Crippen molar-refractivity contribution in [2.24, 2.45) is 0 Å². The fourth-order valence-corrected chi connectivity index (χ4v) is 6.73. The first kappa shape index (κ1) is 30.2. The Labute approximate surface area is 267 Å². The van der Waals surface area contributed by atoms with Gasteiger partial charge in [0, 0.05) is 61.8 Å². The number of likely N-dealkylation sites (N-methyl/N-ethyl adjacent to an activating group) is 1. The van der Waals surface area contributed by atoms with Crippen LogP contribution in [0.1, 0.15) is 23.2 Å². The molecule has 4 heterocycles. The molecule has 4 aromatic rings. The molecule has 1 unspecified atom stereocenters. The van der Waals surface area contributed by atoms with Gasteiger partial charge in [-0.15, -0.1) is 0 Å². The molecule has 11 heteroatoms. The first-order chi connectivity index (χ1) is 22.3. The Kier molecular flexibility index (Phi) is 8.33. The van der Waals surface area contributed by atoms with Crippen LogP contribution < -0.4 is 14.5 Å². The third-order valence-electron chi connectivity index (χ3n) is 9.22. The number of ether oxygens (including phenoxy) is 2. The van der Waals surface area contributed by atoms with Crippen LogP contribution in [0.3, 0.4) is 0 Å². The van der Waals surface area contributed by atoms with Crippen molar-refractivity contribution < 1.29 is 23.0 Å². The van der Waals surface area contributed by atoms with Crippen molar-refractivity contribution in [1.29, 1.82) is 0 Å². The Bertz CT molecular complexity index is 1690. The van der Waals surface area contributed by atoms with Gasteiger partial charge in [-0.2, -0.15) is 9.97 Å². The maximum atomic E-state index is 14.1. The maximum absolute atomic E-state index is 14.1. The number of carbonyl (C=O) groups is 1. The van der Waals surface area contributed by atoms with Crippen LogP contribution in [0.25, 0.3) is 10.8 Å². The van der Waals surface area contributed by atoms with E-state index in [1.807, 2.05) is 36.4 Å². The summed E-state index contributed by atoms with van der Waals surface area (Å²) in [5.74, 6) is -1.94. The zero-order valence-electron chi connectivity index (χ0n) is 25.9. The van der Waals surface area contributed by atoms with Crippen molar-refractivity contribution in [2.75, 3.05) is 62.7 Å². The normalized spacial score (nSPS) is 19.7. The molecule has 0 spiro atoms. The second-order valence-corrected chi connectivity index (χ2v) is 12.4. The number of fused-ring (bicyclic) bond motifs is 2. The highest BCUT2D eigenvalue weighted by Crippen LogP contribution is 2.35. The van der Waals surface area contributed by atoms with Crippen LogP contribution in [-0.4, -0.2) is 90.7 Å². The number of benzene rings is 3. The summed E-state index contributed by atoms with van der Waals surface area (Å²) in [6.45, 7) is 3.54. The largest absolute Gasteiger partial charge is 0.462 e. The zero-order valence-corrected chi connectivity index (χ0v) is 25.9. The van der Waals surface area contributed by atoms with Gasteiger partial charge < -0.3 is 24.2 Å². The number of hydrogen-bond donors (Lipinski definition) is 0. The maximum Gasteiger partial charge on any atom is 0.410 e. The molecule has 7 rings (SSSR count). The average Bonchev–Trinajstić information content (AvgIpc) is 3.36. The Morgan fingerprint density at radius 1 is 0.913 bits per heavy atom. The van der Waals surface area contributed by atoms with Crippen LogP contribution in [0.4, 0.5) is 25.1 Å². The molecule has 3 aliphatic rings. The third kappa shape index (κ3) is 6.42. The molecule has 0 N–H and O–H groups in total. The lowest BCUT2D eigenvalue weighted by atomic mass is 10.0. The summed E-state index contributed by atoms with van der Waals surface area (Å²) in [5, 5.41) is 2.36. The molecule has 2 fully saturated rings. The van der Waals surface area contributed by atoms with Crippen molar-refractivity contribution >= 4 is 28.4 Å². The second kappa shape index (κ2) is 12.7. The summed E-state index contributed by atoms with van der Waals surface area (Å²) in [6.07, 6.45) is 0.157. The number of carbonyl (C=O) groups excluding carboxylic acids is 1. The van der Waals surface area contributed by atoms with Gasteiger partial charge in [-0.25, -0.2) is 13.6 Å². The lowest BCUT2D eigenvalue weighted by molar-refractivity contribution is 0.0136. The summed E-state index contributed by atoms with van der Waals surface area (Å²) < 4.78 is 39.8. The first-order valence-electron chi connectivity index (χ1n) is 15.9. The van der Waals surface area contributed by atoms with Gasteiger partial charge in [-0.3, -0.25) is 4.90 Å². The van der Waals surface area contributed by atoms with Gasteiger partial charge in [0.25, 0.3) is 5.92 Å². The highest BCUT2D eigenvalue weighted by atomic mass is 19.3. The van der Waals surface area contributed by atoms with Crippen molar-refractivity contribution in [2.45, 2.75) is 38.0 Å². The molecule has 3 aromatic carbocycles.